The third kappa shape index (κ3) is 2.08. The monoisotopic (exact) mass is 179 g/mol. The van der Waals surface area contributed by atoms with Crippen LogP contribution in [0, 0.1) is 0 Å². The van der Waals surface area contributed by atoms with Crippen LogP contribution < -0.4 is 0 Å². The Balaban J connectivity index is 2.68. The van der Waals surface area contributed by atoms with Gasteiger partial charge in [-0.3, -0.25) is 9.11 Å². The smallest absolute Gasteiger partial charge is 0.166 e. The van der Waals surface area contributed by atoms with Crippen LogP contribution in [-0.2, 0) is 4.84 Å². The van der Waals surface area contributed by atoms with E-state index in [1.807, 2.05) is 13.8 Å². The van der Waals surface area contributed by atoms with Gasteiger partial charge in [0.05, 0.1) is 6.42 Å². The molecule has 0 fully saturated rings. The van der Waals surface area contributed by atoms with Crippen molar-refractivity contribution in [1.29, 1.82) is 0 Å². The van der Waals surface area contributed by atoms with E-state index in [4.69, 9.17) is 4.84 Å². The van der Waals surface area contributed by atoms with Crippen molar-refractivity contribution in [3.63, 3.8) is 0 Å². The van der Waals surface area contributed by atoms with Crippen molar-refractivity contribution in [2.24, 2.45) is 5.16 Å². The number of nitrogens with zero attached hydrogens (tertiary/aromatic N) is 1. The molecule has 4 nitrogen and oxygen atoms in total. The minimum Gasteiger partial charge on any atom is -0.388 e. The summed E-state index contributed by atoms with van der Waals surface area (Å²) in [4.78, 5) is 4.97. The molecule has 0 amide bonds. The summed E-state index contributed by atoms with van der Waals surface area (Å²) in [7, 11) is -2.65. The van der Waals surface area contributed by atoms with E-state index in [0.717, 1.165) is 0 Å². The Morgan fingerprint density at radius 3 is 2.27 bits per heavy atom. The Bertz CT molecular complexity index is 194. The number of oxime groups is 1. The lowest BCUT2D eigenvalue weighted by atomic mass is 10.1. The predicted molar refractivity (Wildman–Crippen MR) is 46.0 cm³/mol. The van der Waals surface area contributed by atoms with Gasteiger partial charge in [0, 0.05) is 6.26 Å². The molecule has 0 atom stereocenters. The standard InChI is InChI=1S/C6H13NO3S/c1-6(2)4-5(7-10-6)11(3,8)9/h8-9H,4H2,1-3H3. The van der Waals surface area contributed by atoms with E-state index in [-0.39, 0.29) is 5.60 Å². The molecule has 2 N–H and O–H groups in total. The van der Waals surface area contributed by atoms with Crippen LogP contribution in [0.25, 0.3) is 0 Å². The summed E-state index contributed by atoms with van der Waals surface area (Å²) in [5.41, 5.74) is -0.380. The number of rotatable bonds is 0. The van der Waals surface area contributed by atoms with Gasteiger partial charge >= 0.3 is 0 Å². The Morgan fingerprint density at radius 1 is 1.55 bits per heavy atom. The van der Waals surface area contributed by atoms with Crippen LogP contribution in [0.2, 0.25) is 0 Å². The van der Waals surface area contributed by atoms with Crippen LogP contribution in [0.3, 0.4) is 0 Å². The summed E-state index contributed by atoms with van der Waals surface area (Å²) in [5, 5.41) is 3.98. The van der Waals surface area contributed by atoms with Gasteiger partial charge < -0.3 is 4.84 Å². The van der Waals surface area contributed by atoms with Crippen molar-refractivity contribution in [3.8, 4) is 0 Å². The van der Waals surface area contributed by atoms with E-state index in [0.29, 0.717) is 11.5 Å². The highest BCUT2D eigenvalue weighted by Crippen LogP contribution is 2.42. The van der Waals surface area contributed by atoms with Gasteiger partial charge in [-0.15, -0.1) is 0 Å². The van der Waals surface area contributed by atoms with Crippen molar-refractivity contribution < 1.29 is 13.9 Å². The van der Waals surface area contributed by atoms with Crippen LogP contribution in [0.1, 0.15) is 20.3 Å². The molecular weight excluding hydrogens is 166 g/mol. The average Bonchev–Trinajstić information content (AvgIpc) is 2.07. The van der Waals surface area contributed by atoms with Gasteiger partial charge in [-0.1, -0.05) is 5.16 Å². The maximum Gasteiger partial charge on any atom is 0.166 e. The minimum atomic E-state index is -2.65. The maximum absolute atomic E-state index is 9.18. The van der Waals surface area contributed by atoms with Crippen molar-refractivity contribution in [2.75, 3.05) is 6.26 Å². The highest BCUT2D eigenvalue weighted by atomic mass is 32.3. The highest BCUT2D eigenvalue weighted by Gasteiger charge is 2.33. The summed E-state index contributed by atoms with van der Waals surface area (Å²) in [6.07, 6.45) is 1.85. The van der Waals surface area contributed by atoms with Crippen molar-refractivity contribution in [1.82, 2.24) is 0 Å². The van der Waals surface area contributed by atoms with Crippen LogP contribution in [0.5, 0.6) is 0 Å². The van der Waals surface area contributed by atoms with Crippen molar-refractivity contribution in [2.45, 2.75) is 25.9 Å². The second-order valence-corrected chi connectivity index (χ2v) is 5.48. The molecule has 1 aliphatic heterocycles. The first kappa shape index (κ1) is 8.83. The van der Waals surface area contributed by atoms with Crippen LogP contribution in [0.15, 0.2) is 5.16 Å². The number of hydrogen-bond acceptors (Lipinski definition) is 4. The molecule has 0 unspecified atom stereocenters. The SMILES string of the molecule is CC1(C)CC(S(C)(O)O)=NO1. The molecule has 0 saturated carbocycles. The molecule has 0 aromatic heterocycles. The number of hydrogen-bond donors (Lipinski definition) is 2. The van der Waals surface area contributed by atoms with E-state index in [9.17, 15) is 9.11 Å². The van der Waals surface area contributed by atoms with E-state index in [1.54, 1.807) is 0 Å². The predicted octanol–water partition coefficient (Wildman–Crippen LogP) is 1.88. The normalized spacial score (nSPS) is 24.3. The fraction of sp³-hybridized carbons (Fsp3) is 0.833. The zero-order valence-electron chi connectivity index (χ0n) is 6.87. The fourth-order valence-electron chi connectivity index (χ4n) is 0.811. The molecule has 1 rings (SSSR count). The Hall–Kier alpha value is -0.260. The Labute approximate surface area is 67.6 Å². The van der Waals surface area contributed by atoms with Gasteiger partial charge in [-0.2, -0.15) is 10.6 Å². The lowest BCUT2D eigenvalue weighted by molar-refractivity contribution is 0.0123. The fourth-order valence-corrected chi connectivity index (χ4v) is 1.61. The zero-order chi connectivity index (χ0) is 8.70. The second kappa shape index (κ2) is 2.36. The third-order valence-corrected chi connectivity index (χ3v) is 2.53. The van der Waals surface area contributed by atoms with Gasteiger partial charge in [0.25, 0.3) is 0 Å². The average molecular weight is 179 g/mol. The second-order valence-electron chi connectivity index (χ2n) is 3.35. The van der Waals surface area contributed by atoms with Crippen LogP contribution >= 0.6 is 10.6 Å². The third-order valence-electron chi connectivity index (χ3n) is 1.42. The molecule has 0 aliphatic carbocycles. The lowest BCUT2D eigenvalue weighted by Crippen LogP contribution is -2.20. The van der Waals surface area contributed by atoms with E-state index in [2.05, 4.69) is 5.16 Å². The quantitative estimate of drug-likeness (QED) is 0.596. The summed E-state index contributed by atoms with van der Waals surface area (Å²) in [6, 6.07) is 0. The van der Waals surface area contributed by atoms with Gasteiger partial charge in [-0.25, -0.2) is 0 Å². The molecule has 1 aliphatic rings. The van der Waals surface area contributed by atoms with Crippen LogP contribution in [-0.4, -0.2) is 26.0 Å². The Kier molecular flexibility index (Phi) is 1.90. The first-order chi connectivity index (χ1) is 4.81. The molecule has 0 aromatic carbocycles. The van der Waals surface area contributed by atoms with E-state index >= 15 is 0 Å². The van der Waals surface area contributed by atoms with Gasteiger partial charge in [0.2, 0.25) is 0 Å². The molecule has 11 heavy (non-hydrogen) atoms. The molecule has 66 valence electrons. The van der Waals surface area contributed by atoms with Crippen LogP contribution in [0.4, 0.5) is 0 Å². The largest absolute Gasteiger partial charge is 0.388 e. The van der Waals surface area contributed by atoms with E-state index < -0.39 is 10.6 Å². The first-order valence-electron chi connectivity index (χ1n) is 3.29. The molecule has 5 heteroatoms. The highest BCUT2D eigenvalue weighted by molar-refractivity contribution is 8.36. The summed E-state index contributed by atoms with van der Waals surface area (Å²) < 4.78 is 18.4. The van der Waals surface area contributed by atoms with Gasteiger partial charge in [-0.05, 0) is 13.8 Å². The molecule has 1 heterocycles. The summed E-state index contributed by atoms with van der Waals surface area (Å²) >= 11 is 0. The van der Waals surface area contributed by atoms with Crippen molar-refractivity contribution >= 4 is 15.6 Å². The lowest BCUT2D eigenvalue weighted by Gasteiger charge is -2.25. The molecule has 0 saturated heterocycles. The van der Waals surface area contributed by atoms with Gasteiger partial charge in [0.1, 0.15) is 5.60 Å². The topological polar surface area (TPSA) is 62.0 Å². The molecule has 0 bridgehead atoms. The summed E-state index contributed by atoms with van der Waals surface area (Å²) in [6.45, 7) is 3.71. The minimum absolute atomic E-state index is 0.363. The van der Waals surface area contributed by atoms with Gasteiger partial charge in [0.15, 0.2) is 5.04 Å². The molecular formula is C6H13NO3S. The van der Waals surface area contributed by atoms with E-state index in [1.165, 1.54) is 6.26 Å². The maximum atomic E-state index is 9.18. The molecule has 0 aromatic rings. The Morgan fingerprint density at radius 2 is 2.09 bits per heavy atom. The zero-order valence-corrected chi connectivity index (χ0v) is 7.68. The molecule has 0 spiro atoms. The molecule has 0 radical (unpaired) electrons. The summed E-state index contributed by atoms with van der Waals surface area (Å²) in [5.74, 6) is 0. The van der Waals surface area contributed by atoms with Crippen molar-refractivity contribution in [3.05, 3.63) is 0 Å². The first-order valence-corrected chi connectivity index (χ1v) is 5.25.